The molecule has 8 heteroatoms. The molecule has 0 saturated carbocycles. The second-order valence-electron chi connectivity index (χ2n) is 9.20. The van der Waals surface area contributed by atoms with Crippen molar-refractivity contribution in [2.24, 2.45) is 5.41 Å². The Morgan fingerprint density at radius 2 is 1.68 bits per heavy atom. The van der Waals surface area contributed by atoms with Gasteiger partial charge in [0.05, 0.1) is 17.6 Å². The minimum Gasteiger partial charge on any atom is -0.423 e. The fourth-order valence-corrected chi connectivity index (χ4v) is 3.48. The Hall–Kier alpha value is -4.33. The van der Waals surface area contributed by atoms with Gasteiger partial charge >= 0.3 is 0 Å². The molecule has 0 fully saturated rings. The van der Waals surface area contributed by atoms with Crippen molar-refractivity contribution < 1.29 is 9.21 Å². The van der Waals surface area contributed by atoms with Gasteiger partial charge in [0.15, 0.2) is 5.65 Å². The number of amides is 1. The van der Waals surface area contributed by atoms with E-state index in [0.29, 0.717) is 5.89 Å². The molecule has 0 atom stereocenters. The van der Waals surface area contributed by atoms with Gasteiger partial charge in [-0.05, 0) is 42.8 Å². The summed E-state index contributed by atoms with van der Waals surface area (Å²) in [5.74, 6) is 0.449. The molecule has 0 saturated heterocycles. The van der Waals surface area contributed by atoms with Gasteiger partial charge in [-0.15, -0.1) is 10.2 Å². The third-order valence-electron chi connectivity index (χ3n) is 5.57. The SMILES string of the molecule is Cc1ccc(-c2cn3nc(-c4ccc(-c5nnco5)cc4)ccc3n2)cc1NC(=O)C(C)(C)C. The summed E-state index contributed by atoms with van der Waals surface area (Å²) in [4.78, 5) is 17.2. The highest BCUT2D eigenvalue weighted by Crippen LogP contribution is 2.28. The molecule has 0 unspecified atom stereocenters. The summed E-state index contributed by atoms with van der Waals surface area (Å²) in [6.07, 6.45) is 3.20. The maximum atomic E-state index is 12.5. The van der Waals surface area contributed by atoms with E-state index in [4.69, 9.17) is 14.5 Å². The van der Waals surface area contributed by atoms with E-state index in [1.807, 2.05) is 88.5 Å². The molecule has 0 aliphatic carbocycles. The molecular weight excluding hydrogens is 428 g/mol. The Bertz CT molecular complexity index is 1480. The molecule has 0 aliphatic heterocycles. The average Bonchev–Trinajstić information content (AvgIpc) is 3.50. The monoisotopic (exact) mass is 452 g/mol. The Balaban J connectivity index is 1.44. The fraction of sp³-hybridized carbons (Fsp3) is 0.192. The fourth-order valence-electron chi connectivity index (χ4n) is 3.48. The van der Waals surface area contributed by atoms with E-state index in [1.165, 1.54) is 6.39 Å². The van der Waals surface area contributed by atoms with Gasteiger partial charge in [0, 0.05) is 27.8 Å². The highest BCUT2D eigenvalue weighted by atomic mass is 16.4. The second-order valence-corrected chi connectivity index (χ2v) is 9.20. The first-order valence-electron chi connectivity index (χ1n) is 10.9. The first kappa shape index (κ1) is 21.5. The highest BCUT2D eigenvalue weighted by Gasteiger charge is 2.22. The molecule has 0 aliphatic rings. The summed E-state index contributed by atoms with van der Waals surface area (Å²) in [6, 6.07) is 17.6. The van der Waals surface area contributed by atoms with Gasteiger partial charge < -0.3 is 9.73 Å². The van der Waals surface area contributed by atoms with Crippen molar-refractivity contribution >= 4 is 17.2 Å². The van der Waals surface area contributed by atoms with E-state index in [9.17, 15) is 4.79 Å². The molecule has 0 radical (unpaired) electrons. The van der Waals surface area contributed by atoms with E-state index in [-0.39, 0.29) is 5.91 Å². The number of nitrogens with one attached hydrogen (secondary N) is 1. The van der Waals surface area contributed by atoms with Crippen molar-refractivity contribution in [3.63, 3.8) is 0 Å². The van der Waals surface area contributed by atoms with Gasteiger partial charge in [0.1, 0.15) is 0 Å². The first-order valence-corrected chi connectivity index (χ1v) is 10.9. The number of aryl methyl sites for hydroxylation is 1. The lowest BCUT2D eigenvalue weighted by atomic mass is 9.95. The van der Waals surface area contributed by atoms with Gasteiger partial charge in [-0.1, -0.05) is 45.0 Å². The van der Waals surface area contributed by atoms with Gasteiger partial charge in [0.2, 0.25) is 18.2 Å². The van der Waals surface area contributed by atoms with Gasteiger partial charge in [-0.25, -0.2) is 9.50 Å². The number of rotatable bonds is 4. The number of carbonyl (C=O) groups is 1. The Kier molecular flexibility index (Phi) is 5.20. The van der Waals surface area contributed by atoms with Crippen LogP contribution in [0.2, 0.25) is 0 Å². The minimum atomic E-state index is -0.477. The normalized spacial score (nSPS) is 11.6. The van der Waals surface area contributed by atoms with E-state index >= 15 is 0 Å². The maximum absolute atomic E-state index is 12.5. The van der Waals surface area contributed by atoms with Crippen LogP contribution in [-0.2, 0) is 4.79 Å². The van der Waals surface area contributed by atoms with E-state index in [0.717, 1.165) is 45.0 Å². The van der Waals surface area contributed by atoms with E-state index in [2.05, 4.69) is 15.5 Å². The zero-order valence-electron chi connectivity index (χ0n) is 19.4. The molecule has 0 bridgehead atoms. The lowest BCUT2D eigenvalue weighted by Gasteiger charge is -2.19. The van der Waals surface area contributed by atoms with E-state index < -0.39 is 5.41 Å². The van der Waals surface area contributed by atoms with Gasteiger partial charge in [-0.3, -0.25) is 4.79 Å². The average molecular weight is 453 g/mol. The summed E-state index contributed by atoms with van der Waals surface area (Å²) in [6.45, 7) is 7.66. The summed E-state index contributed by atoms with van der Waals surface area (Å²) >= 11 is 0. The number of hydrogen-bond donors (Lipinski definition) is 1. The number of anilines is 1. The van der Waals surface area contributed by atoms with Crippen LogP contribution >= 0.6 is 0 Å². The molecule has 3 heterocycles. The largest absolute Gasteiger partial charge is 0.423 e. The minimum absolute atomic E-state index is 0.0285. The summed E-state index contributed by atoms with van der Waals surface area (Å²) < 4.78 is 7.02. The van der Waals surface area contributed by atoms with Crippen LogP contribution in [0.5, 0.6) is 0 Å². The van der Waals surface area contributed by atoms with Crippen molar-refractivity contribution in [3.8, 4) is 34.0 Å². The molecule has 5 rings (SSSR count). The topological polar surface area (TPSA) is 98.2 Å². The molecule has 1 amide bonds. The third-order valence-corrected chi connectivity index (χ3v) is 5.57. The Labute approximate surface area is 196 Å². The summed E-state index contributed by atoms with van der Waals surface area (Å²) in [5, 5.41) is 15.4. The molecule has 5 aromatic rings. The van der Waals surface area contributed by atoms with Crippen LogP contribution in [0.15, 0.2) is 71.6 Å². The predicted octanol–water partition coefficient (Wildman–Crippen LogP) is 5.41. The molecule has 3 aromatic heterocycles. The van der Waals surface area contributed by atoms with Crippen molar-refractivity contribution in [1.29, 1.82) is 0 Å². The molecular formula is C26H24N6O2. The smallest absolute Gasteiger partial charge is 0.247 e. The quantitative estimate of drug-likeness (QED) is 0.392. The van der Waals surface area contributed by atoms with Crippen LogP contribution in [-0.4, -0.2) is 30.7 Å². The second kappa shape index (κ2) is 8.22. The number of fused-ring (bicyclic) bond motifs is 1. The summed E-state index contributed by atoms with van der Waals surface area (Å²) in [7, 11) is 0. The molecule has 2 aromatic carbocycles. The van der Waals surface area contributed by atoms with Crippen LogP contribution in [0.4, 0.5) is 5.69 Å². The molecule has 170 valence electrons. The van der Waals surface area contributed by atoms with Crippen molar-refractivity contribution in [2.45, 2.75) is 27.7 Å². The number of nitrogens with zero attached hydrogens (tertiary/aromatic N) is 5. The highest BCUT2D eigenvalue weighted by molar-refractivity contribution is 5.95. The van der Waals surface area contributed by atoms with Gasteiger partial charge in [0.25, 0.3) is 0 Å². The van der Waals surface area contributed by atoms with E-state index in [1.54, 1.807) is 4.52 Å². The van der Waals surface area contributed by atoms with Gasteiger partial charge in [-0.2, -0.15) is 5.10 Å². The van der Waals surface area contributed by atoms with Crippen LogP contribution in [0.1, 0.15) is 26.3 Å². The lowest BCUT2D eigenvalue weighted by molar-refractivity contribution is -0.123. The number of hydrogen-bond acceptors (Lipinski definition) is 6. The molecule has 8 nitrogen and oxygen atoms in total. The molecule has 0 spiro atoms. The van der Waals surface area contributed by atoms with Crippen LogP contribution < -0.4 is 5.32 Å². The number of benzene rings is 2. The lowest BCUT2D eigenvalue weighted by Crippen LogP contribution is -2.27. The number of imidazole rings is 1. The van der Waals surface area contributed by atoms with Crippen LogP contribution in [0.25, 0.3) is 39.6 Å². The summed E-state index contributed by atoms with van der Waals surface area (Å²) in [5.41, 5.74) is 6.35. The zero-order valence-corrected chi connectivity index (χ0v) is 19.4. The molecule has 1 N–H and O–H groups in total. The third kappa shape index (κ3) is 4.17. The number of carbonyl (C=O) groups excluding carboxylic acids is 1. The van der Waals surface area contributed by atoms with Crippen molar-refractivity contribution in [3.05, 3.63) is 72.8 Å². The Morgan fingerprint density at radius 1 is 0.941 bits per heavy atom. The standard InChI is InChI=1S/C26H24N6O2/c1-16-5-6-19(13-21(16)29-25(33)26(2,3)4)22-14-32-23(28-22)12-11-20(31-32)17-7-9-18(10-8-17)24-30-27-15-34-24/h5-15H,1-4H3,(H,29,33). The molecule has 34 heavy (non-hydrogen) atoms. The first-order chi connectivity index (χ1) is 16.3. The van der Waals surface area contributed by atoms with Crippen LogP contribution in [0.3, 0.4) is 0 Å². The van der Waals surface area contributed by atoms with Crippen LogP contribution in [0, 0.1) is 12.3 Å². The van der Waals surface area contributed by atoms with Crippen molar-refractivity contribution in [2.75, 3.05) is 5.32 Å². The zero-order chi connectivity index (χ0) is 23.9. The number of aromatic nitrogens is 5. The predicted molar refractivity (Wildman–Crippen MR) is 130 cm³/mol. The maximum Gasteiger partial charge on any atom is 0.247 e. The Morgan fingerprint density at radius 3 is 2.38 bits per heavy atom. The van der Waals surface area contributed by atoms with Crippen molar-refractivity contribution in [1.82, 2.24) is 24.8 Å².